The molecular weight excluding hydrogens is 254 g/mol. The number of rotatable bonds is 3. The fourth-order valence-corrected chi connectivity index (χ4v) is 2.74. The monoisotopic (exact) mass is 271 g/mol. The van der Waals surface area contributed by atoms with Gasteiger partial charge in [0.1, 0.15) is 0 Å². The van der Waals surface area contributed by atoms with Crippen molar-refractivity contribution in [2.24, 2.45) is 13.0 Å². The van der Waals surface area contributed by atoms with Crippen molar-refractivity contribution in [1.82, 2.24) is 9.78 Å². The van der Waals surface area contributed by atoms with E-state index in [1.807, 2.05) is 37.5 Å². The van der Waals surface area contributed by atoms with Gasteiger partial charge >= 0.3 is 5.97 Å². The van der Waals surface area contributed by atoms with E-state index in [0.717, 1.165) is 16.9 Å². The van der Waals surface area contributed by atoms with Gasteiger partial charge in [-0.25, -0.2) is 0 Å². The fourth-order valence-electron chi connectivity index (χ4n) is 2.74. The molecule has 0 amide bonds. The molecule has 0 bridgehead atoms. The molecule has 1 aliphatic heterocycles. The third kappa shape index (κ3) is 2.39. The van der Waals surface area contributed by atoms with E-state index in [0.29, 0.717) is 19.5 Å². The van der Waals surface area contributed by atoms with Crippen LogP contribution in [0.25, 0.3) is 0 Å². The number of hydrogen-bond donors (Lipinski definition) is 1. The molecule has 1 aromatic carbocycles. The zero-order chi connectivity index (χ0) is 14.1. The Morgan fingerprint density at radius 3 is 2.90 bits per heavy atom. The van der Waals surface area contributed by atoms with Crippen LogP contribution in [0.3, 0.4) is 0 Å². The van der Waals surface area contributed by atoms with Gasteiger partial charge in [0.15, 0.2) is 0 Å². The van der Waals surface area contributed by atoms with Crippen molar-refractivity contribution in [3.63, 3.8) is 0 Å². The second-order valence-corrected chi connectivity index (χ2v) is 5.23. The molecule has 1 atom stereocenters. The van der Waals surface area contributed by atoms with Crippen LogP contribution in [-0.4, -0.2) is 27.4 Å². The second-order valence-electron chi connectivity index (χ2n) is 5.23. The van der Waals surface area contributed by atoms with Gasteiger partial charge in [0, 0.05) is 25.5 Å². The summed E-state index contributed by atoms with van der Waals surface area (Å²) >= 11 is 0. The lowest BCUT2D eigenvalue weighted by Gasteiger charge is -2.34. The maximum absolute atomic E-state index is 11.3. The number of aromatic nitrogens is 2. The van der Waals surface area contributed by atoms with Crippen LogP contribution in [0.4, 0.5) is 5.69 Å². The van der Waals surface area contributed by atoms with Crippen molar-refractivity contribution in [3.8, 4) is 0 Å². The van der Waals surface area contributed by atoms with Gasteiger partial charge in [-0.3, -0.25) is 9.48 Å². The molecule has 20 heavy (non-hydrogen) atoms. The third-order valence-electron chi connectivity index (χ3n) is 3.71. The summed E-state index contributed by atoms with van der Waals surface area (Å²) in [4.78, 5) is 13.4. The summed E-state index contributed by atoms with van der Waals surface area (Å²) in [5, 5.41) is 13.7. The van der Waals surface area contributed by atoms with E-state index in [-0.39, 0.29) is 5.92 Å². The zero-order valence-electron chi connectivity index (χ0n) is 11.4. The highest BCUT2D eigenvalue weighted by Crippen LogP contribution is 2.30. The lowest BCUT2D eigenvalue weighted by atomic mass is 9.92. The molecule has 0 fully saturated rings. The highest BCUT2D eigenvalue weighted by atomic mass is 16.4. The largest absolute Gasteiger partial charge is 0.481 e. The minimum Gasteiger partial charge on any atom is -0.481 e. The zero-order valence-corrected chi connectivity index (χ0v) is 11.4. The number of hydrogen-bond acceptors (Lipinski definition) is 3. The molecule has 5 nitrogen and oxygen atoms in total. The minimum absolute atomic E-state index is 0.353. The molecule has 0 aliphatic carbocycles. The molecule has 1 N–H and O–H groups in total. The fraction of sp³-hybridized carbons (Fsp3) is 0.333. The van der Waals surface area contributed by atoms with Gasteiger partial charge in [-0.1, -0.05) is 18.2 Å². The van der Waals surface area contributed by atoms with Gasteiger partial charge in [-0.2, -0.15) is 5.10 Å². The van der Waals surface area contributed by atoms with Gasteiger partial charge in [0.25, 0.3) is 0 Å². The van der Waals surface area contributed by atoms with Crippen LogP contribution in [0.1, 0.15) is 11.3 Å². The van der Waals surface area contributed by atoms with Crippen molar-refractivity contribution in [3.05, 3.63) is 47.8 Å². The Balaban J connectivity index is 1.90. The Morgan fingerprint density at radius 2 is 2.20 bits per heavy atom. The number of benzene rings is 1. The van der Waals surface area contributed by atoms with Gasteiger partial charge in [-0.15, -0.1) is 0 Å². The number of fused-ring (bicyclic) bond motifs is 1. The first-order valence-electron chi connectivity index (χ1n) is 6.67. The van der Waals surface area contributed by atoms with E-state index in [4.69, 9.17) is 0 Å². The maximum Gasteiger partial charge on any atom is 0.308 e. The molecule has 0 spiro atoms. The SMILES string of the molecule is Cn1ccc(CN2CC(C(=O)O)Cc3ccccc32)n1. The maximum atomic E-state index is 11.3. The molecule has 1 aliphatic rings. The Hall–Kier alpha value is -2.30. The highest BCUT2D eigenvalue weighted by molar-refractivity contribution is 5.73. The number of anilines is 1. The average Bonchev–Trinajstić information content (AvgIpc) is 2.84. The molecule has 1 aromatic heterocycles. The quantitative estimate of drug-likeness (QED) is 0.923. The van der Waals surface area contributed by atoms with Crippen molar-refractivity contribution < 1.29 is 9.90 Å². The van der Waals surface area contributed by atoms with Gasteiger partial charge in [-0.05, 0) is 24.1 Å². The number of carbonyl (C=O) groups is 1. The standard InChI is InChI=1S/C15H17N3O2/c1-17-7-6-13(16-17)10-18-9-12(15(19)20)8-11-4-2-3-5-14(11)18/h2-7,12H,8-10H2,1H3,(H,19,20). The van der Waals surface area contributed by atoms with Crippen LogP contribution >= 0.6 is 0 Å². The lowest BCUT2D eigenvalue weighted by Crippen LogP contribution is -2.38. The van der Waals surface area contributed by atoms with E-state index in [1.165, 1.54) is 0 Å². The second kappa shape index (κ2) is 5.00. The molecule has 0 radical (unpaired) electrons. The Labute approximate surface area is 117 Å². The smallest absolute Gasteiger partial charge is 0.308 e. The van der Waals surface area contributed by atoms with E-state index in [9.17, 15) is 9.90 Å². The average molecular weight is 271 g/mol. The molecule has 104 valence electrons. The van der Waals surface area contributed by atoms with Crippen molar-refractivity contribution in [2.45, 2.75) is 13.0 Å². The normalized spacial score (nSPS) is 17.9. The highest BCUT2D eigenvalue weighted by Gasteiger charge is 2.29. The predicted octanol–water partition coefficient (Wildman–Crippen LogP) is 1.68. The summed E-state index contributed by atoms with van der Waals surface area (Å²) in [6.45, 7) is 1.17. The summed E-state index contributed by atoms with van der Waals surface area (Å²) in [5.41, 5.74) is 3.17. The summed E-state index contributed by atoms with van der Waals surface area (Å²) in [7, 11) is 1.88. The summed E-state index contributed by atoms with van der Waals surface area (Å²) in [6, 6.07) is 9.98. The molecule has 0 saturated carbocycles. The number of aliphatic carboxylic acids is 1. The number of carboxylic acid groups (broad SMARTS) is 1. The van der Waals surface area contributed by atoms with Gasteiger partial charge in [0.2, 0.25) is 0 Å². The van der Waals surface area contributed by atoms with Gasteiger partial charge in [0.05, 0.1) is 18.2 Å². The van der Waals surface area contributed by atoms with Crippen LogP contribution < -0.4 is 4.90 Å². The first-order valence-corrected chi connectivity index (χ1v) is 6.67. The Bertz CT molecular complexity index is 636. The molecule has 3 rings (SSSR count). The summed E-state index contributed by atoms with van der Waals surface area (Å²) < 4.78 is 1.76. The first-order chi connectivity index (χ1) is 9.63. The Morgan fingerprint density at radius 1 is 1.40 bits per heavy atom. The molecule has 2 aromatic rings. The van der Waals surface area contributed by atoms with Crippen LogP contribution in [0.5, 0.6) is 0 Å². The first kappa shape index (κ1) is 12.7. The third-order valence-corrected chi connectivity index (χ3v) is 3.71. The lowest BCUT2D eigenvalue weighted by molar-refractivity contribution is -0.141. The van der Waals surface area contributed by atoms with E-state index in [1.54, 1.807) is 4.68 Å². The predicted molar refractivity (Wildman–Crippen MR) is 75.5 cm³/mol. The molecule has 5 heteroatoms. The summed E-state index contributed by atoms with van der Waals surface area (Å²) in [5.74, 6) is -1.08. The molecular formula is C15H17N3O2. The van der Waals surface area contributed by atoms with Crippen LogP contribution in [0, 0.1) is 5.92 Å². The van der Waals surface area contributed by atoms with Crippen molar-refractivity contribution in [2.75, 3.05) is 11.4 Å². The van der Waals surface area contributed by atoms with E-state index >= 15 is 0 Å². The van der Waals surface area contributed by atoms with Crippen LogP contribution in [0.15, 0.2) is 36.5 Å². The van der Waals surface area contributed by atoms with Crippen molar-refractivity contribution >= 4 is 11.7 Å². The number of nitrogens with zero attached hydrogens (tertiary/aromatic N) is 3. The number of aryl methyl sites for hydroxylation is 1. The van der Waals surface area contributed by atoms with Gasteiger partial charge < -0.3 is 10.0 Å². The topological polar surface area (TPSA) is 58.4 Å². The number of para-hydroxylation sites is 1. The number of carboxylic acids is 1. The van der Waals surface area contributed by atoms with Crippen LogP contribution in [0.2, 0.25) is 0 Å². The molecule has 2 heterocycles. The minimum atomic E-state index is -0.731. The van der Waals surface area contributed by atoms with Crippen LogP contribution in [-0.2, 0) is 24.8 Å². The Kier molecular flexibility index (Phi) is 3.18. The summed E-state index contributed by atoms with van der Waals surface area (Å²) in [6.07, 6.45) is 2.50. The van der Waals surface area contributed by atoms with E-state index in [2.05, 4.69) is 16.1 Å². The molecule has 1 unspecified atom stereocenters. The molecule has 0 saturated heterocycles. The van der Waals surface area contributed by atoms with E-state index < -0.39 is 5.97 Å². The van der Waals surface area contributed by atoms with Crippen molar-refractivity contribution in [1.29, 1.82) is 0 Å².